The molecule has 0 aromatic rings. The molecule has 0 atom stereocenters. The van der Waals surface area contributed by atoms with Crippen LogP contribution in [0.15, 0.2) is 12.7 Å². The smallest absolute Gasteiger partial charge is 0 e. The van der Waals surface area contributed by atoms with Gasteiger partial charge in [-0.05, 0) is 0 Å². The fourth-order valence-electron chi connectivity index (χ4n) is 0. The topological polar surface area (TPSA) is 17.1 Å². The molecule has 0 fully saturated rings. The van der Waals surface area contributed by atoms with Gasteiger partial charge in [-0.2, -0.15) is 0 Å². The standard InChI is InChI=1S/C3H3O.2Cu.Te.Zr/c1-2-3-4;;;;/h2H,1H2;;;;. The van der Waals surface area contributed by atoms with Gasteiger partial charge in [-0.25, -0.2) is 0 Å². The van der Waals surface area contributed by atoms with Crippen molar-refractivity contribution in [1.82, 2.24) is 0 Å². The fourth-order valence-corrected chi connectivity index (χ4v) is 0. The van der Waals surface area contributed by atoms with Crippen LogP contribution in [0, 0.1) is 0 Å². The average molecular weight is 401 g/mol. The van der Waals surface area contributed by atoms with Gasteiger partial charge in [0.1, 0.15) is 0 Å². The monoisotopic (exact) mass is 401 g/mol. The third-order valence-electron chi connectivity index (χ3n) is 0.145. The maximum absolute atomic E-state index is 9.50. The zero-order valence-electron chi connectivity index (χ0n) is 3.70. The zero-order valence-corrected chi connectivity index (χ0v) is 10.4. The first-order valence-electron chi connectivity index (χ1n) is 1.05. The molecule has 0 aromatic heterocycles. The van der Waals surface area contributed by atoms with Crippen molar-refractivity contribution in [2.45, 2.75) is 0 Å². The Morgan fingerprint density at radius 1 is 1.62 bits per heavy atom. The van der Waals surface area contributed by atoms with E-state index in [1.807, 2.05) is 0 Å². The van der Waals surface area contributed by atoms with Crippen LogP contribution in [0.3, 0.4) is 0 Å². The minimum absolute atomic E-state index is 0. The molecule has 53 valence electrons. The summed E-state index contributed by atoms with van der Waals surface area (Å²) in [6, 6.07) is 0. The van der Waals surface area contributed by atoms with Crippen LogP contribution < -0.4 is 0 Å². The van der Waals surface area contributed by atoms with E-state index in [9.17, 15) is 4.79 Å². The van der Waals surface area contributed by atoms with E-state index in [2.05, 4.69) is 22.6 Å². The summed E-state index contributed by atoms with van der Waals surface area (Å²) in [5.41, 5.74) is 0. The number of hydrogen-bond acceptors (Lipinski definition) is 1. The predicted octanol–water partition coefficient (Wildman–Crippen LogP) is -0.140. The summed E-state index contributed by atoms with van der Waals surface area (Å²) in [6.45, 7) is 3.10. The van der Waals surface area contributed by atoms with Crippen LogP contribution in [0.5, 0.6) is 0 Å². The van der Waals surface area contributed by atoms with Gasteiger partial charge in [-0.1, -0.05) is 0 Å². The van der Waals surface area contributed by atoms with E-state index in [4.69, 9.17) is 0 Å². The molecule has 0 aliphatic carbocycles. The Hall–Kier alpha value is 2.12. The van der Waals surface area contributed by atoms with Gasteiger partial charge in [0.05, 0.1) is 0 Å². The van der Waals surface area contributed by atoms with Gasteiger partial charge in [0.15, 0.2) is 0 Å². The molecule has 3 radical (unpaired) electrons. The molecule has 0 saturated carbocycles. The Kier molecular flexibility index (Phi) is 45.1. The maximum atomic E-state index is 9.50. The minimum Gasteiger partial charge on any atom is 0 e. The van der Waals surface area contributed by atoms with E-state index in [0.29, 0.717) is 0 Å². The Bertz CT molecular complexity index is 68.3. The Morgan fingerprint density at radius 3 is 1.75 bits per heavy atom. The van der Waals surface area contributed by atoms with E-state index in [-0.39, 0.29) is 66.9 Å². The fraction of sp³-hybridized carbons (Fsp3) is 0. The van der Waals surface area contributed by atoms with Crippen molar-refractivity contribution in [2.24, 2.45) is 0 Å². The Labute approximate surface area is 104 Å². The molecule has 0 bridgehead atoms. The summed E-state index contributed by atoms with van der Waals surface area (Å²) in [7, 11) is 0. The molecule has 0 aliphatic heterocycles. The van der Waals surface area contributed by atoms with Crippen LogP contribution in [0.4, 0.5) is 0 Å². The summed E-state index contributed by atoms with van der Waals surface area (Å²) >= 11 is 4.15. The average Bonchev–Trinajstić information content (AvgIpc) is 1.38. The molecule has 1 nitrogen and oxygen atoms in total. The second kappa shape index (κ2) is 16.1. The van der Waals surface area contributed by atoms with Gasteiger partial charge in [0.2, 0.25) is 0 Å². The SMILES string of the molecule is C=C[C](=O)[Cu].[Cu].[Te].[Zr]. The first-order valence-corrected chi connectivity index (χ1v) is 1.52. The van der Waals surface area contributed by atoms with Crippen LogP contribution in [-0.4, -0.2) is 28.3 Å². The second-order valence-corrected chi connectivity index (χ2v) is 0.935. The number of carbonyl (C=O) groups excluding carboxylic acids is 1. The first-order chi connectivity index (χ1) is 2.27. The number of hydrogen-bond donors (Lipinski definition) is 0. The van der Waals surface area contributed by atoms with Crippen molar-refractivity contribution in [3.63, 3.8) is 0 Å². The molecule has 0 spiro atoms. The van der Waals surface area contributed by atoms with Gasteiger partial charge >= 0.3 is 38.1 Å². The van der Waals surface area contributed by atoms with Crippen LogP contribution in [0.1, 0.15) is 0 Å². The molecule has 0 unspecified atom stereocenters. The van der Waals surface area contributed by atoms with Crippen molar-refractivity contribution < 1.29 is 64.1 Å². The van der Waals surface area contributed by atoms with Gasteiger partial charge in [-0.3, -0.25) is 0 Å². The predicted molar refractivity (Wildman–Crippen MR) is 21.0 cm³/mol. The molecular weight excluding hydrogens is 398 g/mol. The third-order valence-corrected chi connectivity index (χ3v) is 0.337. The van der Waals surface area contributed by atoms with Gasteiger partial charge < -0.3 is 0 Å². The molecule has 0 aromatic carbocycles. The summed E-state index contributed by atoms with van der Waals surface area (Å²) in [5.74, 6) is 0. The van der Waals surface area contributed by atoms with E-state index in [1.165, 1.54) is 0 Å². The minimum atomic E-state index is -0.419. The summed E-state index contributed by atoms with van der Waals surface area (Å²) in [5, 5.41) is 0. The van der Waals surface area contributed by atoms with Gasteiger partial charge in [-0.15, -0.1) is 0 Å². The molecule has 0 aliphatic rings. The van der Waals surface area contributed by atoms with E-state index < -0.39 is 4.68 Å². The van der Waals surface area contributed by atoms with Crippen LogP contribution in [0.25, 0.3) is 0 Å². The molecule has 0 saturated heterocycles. The molecule has 0 amide bonds. The van der Waals surface area contributed by atoms with Gasteiger partial charge in [0.25, 0.3) is 0 Å². The normalized spacial score (nSPS) is 4.25. The van der Waals surface area contributed by atoms with Crippen LogP contribution in [-0.2, 0) is 64.1 Å². The molecule has 0 heterocycles. The van der Waals surface area contributed by atoms with E-state index in [0.717, 1.165) is 6.08 Å². The molecule has 8 heavy (non-hydrogen) atoms. The van der Waals surface area contributed by atoms with E-state index in [1.54, 1.807) is 0 Å². The van der Waals surface area contributed by atoms with Crippen molar-refractivity contribution in [3.05, 3.63) is 12.7 Å². The van der Waals surface area contributed by atoms with Gasteiger partial charge in [0, 0.05) is 66.9 Å². The molecule has 5 heteroatoms. The second-order valence-electron chi connectivity index (χ2n) is 0.471. The largest absolute Gasteiger partial charge is 0 e. The van der Waals surface area contributed by atoms with E-state index >= 15 is 0 Å². The van der Waals surface area contributed by atoms with Crippen molar-refractivity contribution in [3.8, 4) is 0 Å². The summed E-state index contributed by atoms with van der Waals surface area (Å²) in [6.07, 6.45) is 1.08. The van der Waals surface area contributed by atoms with Crippen LogP contribution in [0.2, 0.25) is 0 Å². The first kappa shape index (κ1) is 22.5. The van der Waals surface area contributed by atoms with Crippen molar-refractivity contribution in [2.75, 3.05) is 0 Å². The number of rotatable bonds is 1. The maximum Gasteiger partial charge on any atom is 0 e. The zero-order chi connectivity index (χ0) is 4.28. The Morgan fingerprint density at radius 2 is 1.75 bits per heavy atom. The summed E-state index contributed by atoms with van der Waals surface area (Å²) in [4.78, 5) is 9.50. The Balaban J connectivity index is -0.0000000267. The van der Waals surface area contributed by atoms with Crippen molar-refractivity contribution >= 4 is 28.3 Å². The molecule has 0 N–H and O–H groups in total. The molecular formula is C3H3Cu2OTeZr. The molecule has 0 rings (SSSR count). The number of allylic oxidation sites excluding steroid dienone is 1. The third kappa shape index (κ3) is 24.2. The summed E-state index contributed by atoms with van der Waals surface area (Å²) < 4.78 is -0.419. The number of carbonyl (C=O) groups is 1. The van der Waals surface area contributed by atoms with Crippen LogP contribution >= 0.6 is 0 Å². The quantitative estimate of drug-likeness (QED) is 0.442. The van der Waals surface area contributed by atoms with Crippen molar-refractivity contribution in [1.29, 1.82) is 0 Å².